The minimum absolute atomic E-state index is 0. The van der Waals surface area contributed by atoms with Crippen LogP contribution in [0.4, 0.5) is 13.2 Å². The topological polar surface area (TPSA) is 72.2 Å². The SMILES string of the molecule is CCCCC(CN)NS(=O)(=O)c1c(F)cc(F)cc1F.Cl. The summed E-state index contributed by atoms with van der Waals surface area (Å²) in [6, 6.07) is 0.0197. The molecule has 0 saturated heterocycles. The molecule has 0 radical (unpaired) electrons. The standard InChI is InChI=1S/C12H17F3N2O2S.ClH/c1-2-3-4-9(7-16)17-20(18,19)12-10(14)5-8(13)6-11(12)15;/h5-6,9,17H,2-4,7,16H2,1H3;1H. The molecule has 0 spiro atoms. The Morgan fingerprint density at radius 3 is 2.19 bits per heavy atom. The Morgan fingerprint density at radius 2 is 1.76 bits per heavy atom. The number of rotatable bonds is 7. The van der Waals surface area contributed by atoms with E-state index in [-0.39, 0.29) is 19.0 Å². The molecule has 3 N–H and O–H groups in total. The summed E-state index contributed by atoms with van der Waals surface area (Å²) in [6.45, 7) is 1.92. The van der Waals surface area contributed by atoms with Crippen LogP contribution in [0, 0.1) is 17.5 Å². The first kappa shape index (κ1) is 20.2. The summed E-state index contributed by atoms with van der Waals surface area (Å²) in [5.74, 6) is -4.12. The molecule has 0 bridgehead atoms. The maximum absolute atomic E-state index is 13.5. The van der Waals surface area contributed by atoms with Crippen molar-refractivity contribution in [3.63, 3.8) is 0 Å². The number of hydrogen-bond donors (Lipinski definition) is 2. The van der Waals surface area contributed by atoms with Crippen LogP contribution in [0.5, 0.6) is 0 Å². The van der Waals surface area contributed by atoms with Gasteiger partial charge >= 0.3 is 0 Å². The summed E-state index contributed by atoms with van der Waals surface area (Å²) in [6.07, 6.45) is 2.01. The molecule has 1 aromatic carbocycles. The van der Waals surface area contributed by atoms with Crippen LogP contribution in [0.15, 0.2) is 17.0 Å². The van der Waals surface area contributed by atoms with Gasteiger partial charge in [-0.2, -0.15) is 0 Å². The number of unbranched alkanes of at least 4 members (excludes halogenated alkanes) is 1. The molecule has 1 unspecified atom stereocenters. The van der Waals surface area contributed by atoms with Crippen molar-refractivity contribution in [2.45, 2.75) is 37.1 Å². The summed E-state index contributed by atoms with van der Waals surface area (Å²) >= 11 is 0. The van der Waals surface area contributed by atoms with Crippen LogP contribution in [-0.4, -0.2) is 21.0 Å². The maximum Gasteiger partial charge on any atom is 0.246 e. The molecule has 0 aliphatic carbocycles. The van der Waals surface area contributed by atoms with Gasteiger partial charge in [-0.15, -0.1) is 12.4 Å². The van der Waals surface area contributed by atoms with Crippen LogP contribution in [0.25, 0.3) is 0 Å². The zero-order valence-corrected chi connectivity index (χ0v) is 13.0. The quantitative estimate of drug-likeness (QED) is 0.796. The lowest BCUT2D eigenvalue weighted by Crippen LogP contribution is -2.40. The van der Waals surface area contributed by atoms with Gasteiger partial charge in [-0.3, -0.25) is 0 Å². The van der Waals surface area contributed by atoms with E-state index in [4.69, 9.17) is 5.73 Å². The average molecular weight is 347 g/mol. The lowest BCUT2D eigenvalue weighted by molar-refractivity contribution is 0.481. The second-order valence-electron chi connectivity index (χ2n) is 4.39. The van der Waals surface area contributed by atoms with Crippen molar-refractivity contribution < 1.29 is 21.6 Å². The first-order valence-electron chi connectivity index (χ1n) is 6.18. The third-order valence-electron chi connectivity index (χ3n) is 2.74. The van der Waals surface area contributed by atoms with E-state index in [1.165, 1.54) is 0 Å². The molecule has 0 fully saturated rings. The number of hydrogen-bond acceptors (Lipinski definition) is 3. The normalized spacial score (nSPS) is 12.8. The number of sulfonamides is 1. The van der Waals surface area contributed by atoms with Crippen molar-refractivity contribution in [3.05, 3.63) is 29.6 Å². The van der Waals surface area contributed by atoms with Gasteiger partial charge in [-0.25, -0.2) is 26.3 Å². The molecule has 1 rings (SSSR count). The van der Waals surface area contributed by atoms with Crippen molar-refractivity contribution >= 4 is 22.4 Å². The molecule has 0 aromatic heterocycles. The van der Waals surface area contributed by atoms with Crippen LogP contribution < -0.4 is 10.5 Å². The van der Waals surface area contributed by atoms with E-state index in [1.54, 1.807) is 0 Å². The van der Waals surface area contributed by atoms with Crippen LogP contribution >= 0.6 is 12.4 Å². The molecule has 122 valence electrons. The minimum atomic E-state index is -4.43. The van der Waals surface area contributed by atoms with E-state index >= 15 is 0 Å². The highest BCUT2D eigenvalue weighted by molar-refractivity contribution is 7.89. The summed E-state index contributed by atoms with van der Waals surface area (Å²) in [7, 11) is -4.43. The fourth-order valence-electron chi connectivity index (χ4n) is 1.74. The minimum Gasteiger partial charge on any atom is -0.329 e. The summed E-state index contributed by atoms with van der Waals surface area (Å²) < 4.78 is 65.8. The van der Waals surface area contributed by atoms with Crippen LogP contribution in [0.3, 0.4) is 0 Å². The van der Waals surface area contributed by atoms with Gasteiger partial charge in [0.2, 0.25) is 10.0 Å². The molecule has 0 aliphatic heterocycles. The highest BCUT2D eigenvalue weighted by atomic mass is 35.5. The molecule has 0 saturated carbocycles. The molecule has 0 heterocycles. The summed E-state index contributed by atoms with van der Waals surface area (Å²) in [4.78, 5) is -1.19. The Labute approximate surface area is 128 Å². The molecule has 21 heavy (non-hydrogen) atoms. The van der Waals surface area contributed by atoms with E-state index in [0.29, 0.717) is 18.6 Å². The second kappa shape index (κ2) is 8.57. The molecule has 0 aliphatic rings. The summed E-state index contributed by atoms with van der Waals surface area (Å²) in [5.41, 5.74) is 5.42. The lowest BCUT2D eigenvalue weighted by Gasteiger charge is -2.17. The largest absolute Gasteiger partial charge is 0.329 e. The van der Waals surface area contributed by atoms with Gasteiger partial charge in [0, 0.05) is 24.7 Å². The molecule has 9 heteroatoms. The van der Waals surface area contributed by atoms with Crippen LogP contribution in [0.1, 0.15) is 26.2 Å². The number of benzene rings is 1. The smallest absolute Gasteiger partial charge is 0.246 e. The van der Waals surface area contributed by atoms with E-state index < -0.39 is 38.4 Å². The highest BCUT2D eigenvalue weighted by Gasteiger charge is 2.27. The summed E-state index contributed by atoms with van der Waals surface area (Å²) in [5, 5.41) is 0. The van der Waals surface area contributed by atoms with Crippen molar-refractivity contribution in [2.75, 3.05) is 6.54 Å². The molecular weight excluding hydrogens is 329 g/mol. The Kier molecular flexibility index (Phi) is 8.23. The molecule has 1 aromatic rings. The van der Waals surface area contributed by atoms with Gasteiger partial charge in [0.25, 0.3) is 0 Å². The Balaban J connectivity index is 0.00000400. The zero-order valence-electron chi connectivity index (χ0n) is 11.4. The average Bonchev–Trinajstić information content (AvgIpc) is 2.32. The second-order valence-corrected chi connectivity index (χ2v) is 6.05. The number of nitrogens with two attached hydrogens (primary N) is 1. The third-order valence-corrected chi connectivity index (χ3v) is 4.32. The fourth-order valence-corrected chi connectivity index (χ4v) is 3.14. The van der Waals surface area contributed by atoms with Crippen molar-refractivity contribution in [1.29, 1.82) is 0 Å². The Bertz CT molecular complexity index is 547. The van der Waals surface area contributed by atoms with Gasteiger partial charge < -0.3 is 5.73 Å². The Hall–Kier alpha value is -0.830. The predicted octanol–water partition coefficient (Wildman–Crippen LogP) is 2.32. The van der Waals surface area contributed by atoms with Crippen LogP contribution in [-0.2, 0) is 10.0 Å². The van der Waals surface area contributed by atoms with Crippen molar-refractivity contribution in [2.24, 2.45) is 5.73 Å². The van der Waals surface area contributed by atoms with E-state index in [2.05, 4.69) is 4.72 Å². The van der Waals surface area contributed by atoms with E-state index in [0.717, 1.165) is 12.8 Å². The predicted molar refractivity (Wildman–Crippen MR) is 76.3 cm³/mol. The lowest BCUT2D eigenvalue weighted by atomic mass is 10.1. The number of nitrogens with one attached hydrogen (secondary N) is 1. The molecular formula is C12H18ClF3N2O2S. The first-order chi connectivity index (χ1) is 9.31. The van der Waals surface area contributed by atoms with Crippen LogP contribution in [0.2, 0.25) is 0 Å². The van der Waals surface area contributed by atoms with Crippen molar-refractivity contribution in [1.82, 2.24) is 4.72 Å². The van der Waals surface area contributed by atoms with Gasteiger partial charge in [0.1, 0.15) is 17.5 Å². The fraction of sp³-hybridized carbons (Fsp3) is 0.500. The monoisotopic (exact) mass is 346 g/mol. The Morgan fingerprint density at radius 1 is 1.24 bits per heavy atom. The highest BCUT2D eigenvalue weighted by Crippen LogP contribution is 2.20. The molecule has 1 atom stereocenters. The van der Waals surface area contributed by atoms with Gasteiger partial charge in [0.15, 0.2) is 4.90 Å². The molecule has 4 nitrogen and oxygen atoms in total. The van der Waals surface area contributed by atoms with Crippen molar-refractivity contribution in [3.8, 4) is 0 Å². The molecule has 0 amide bonds. The maximum atomic E-state index is 13.5. The van der Waals surface area contributed by atoms with Gasteiger partial charge in [-0.05, 0) is 6.42 Å². The van der Waals surface area contributed by atoms with E-state index in [9.17, 15) is 21.6 Å². The van der Waals surface area contributed by atoms with E-state index in [1.807, 2.05) is 6.92 Å². The number of halogens is 4. The zero-order chi connectivity index (χ0) is 15.3. The van der Waals surface area contributed by atoms with Gasteiger partial charge in [-0.1, -0.05) is 19.8 Å². The third kappa shape index (κ3) is 5.46. The van der Waals surface area contributed by atoms with Gasteiger partial charge in [0.05, 0.1) is 0 Å². The first-order valence-corrected chi connectivity index (χ1v) is 7.67.